The van der Waals surface area contributed by atoms with Crippen molar-refractivity contribution >= 4 is 46.5 Å². The van der Waals surface area contributed by atoms with E-state index in [1.54, 1.807) is 97.3 Å². The average molecular weight is 637 g/mol. The number of para-hydroxylation sites is 2. The molecule has 0 aliphatic carbocycles. The summed E-state index contributed by atoms with van der Waals surface area (Å²) in [5, 5.41) is 12.7. The number of ether oxygens (including phenoxy) is 3. The highest BCUT2D eigenvalue weighted by atomic mass is 16.6. The Morgan fingerprint density at radius 1 is 0.957 bits per heavy atom. The lowest BCUT2D eigenvalue weighted by atomic mass is 10.1. The number of aromatic nitrogens is 4. The van der Waals surface area contributed by atoms with Gasteiger partial charge in [0, 0.05) is 12.3 Å². The summed E-state index contributed by atoms with van der Waals surface area (Å²) < 4.78 is 19.2. The largest absolute Gasteiger partial charge is 0.456 e. The molecule has 1 saturated heterocycles. The number of rotatable bonds is 9. The van der Waals surface area contributed by atoms with E-state index in [1.807, 2.05) is 12.1 Å². The zero-order valence-electron chi connectivity index (χ0n) is 25.6. The van der Waals surface area contributed by atoms with Gasteiger partial charge in [-0.05, 0) is 36.4 Å². The number of fused-ring (bicyclic) bond motifs is 1. The maximum Gasteiger partial charge on any atom is 0.425 e. The molecule has 47 heavy (non-hydrogen) atoms. The molecule has 0 saturated carbocycles. The van der Waals surface area contributed by atoms with Gasteiger partial charge in [-0.15, -0.1) is 0 Å². The topological polar surface area (TPSA) is 158 Å². The van der Waals surface area contributed by atoms with Crippen LogP contribution in [0.25, 0.3) is 11.2 Å². The normalized spacial score (nSPS) is 17.4. The number of carbonyl (C=O) groups excluding carboxylic acids is 3. The van der Waals surface area contributed by atoms with Gasteiger partial charge in [-0.2, -0.15) is 9.97 Å². The molecule has 1 fully saturated rings. The van der Waals surface area contributed by atoms with E-state index in [0.717, 1.165) is 0 Å². The third kappa shape index (κ3) is 6.81. The number of carbonyl (C=O) groups is 3. The minimum atomic E-state index is -0.824. The molecular weight excluding hydrogens is 604 g/mol. The number of esters is 1. The van der Waals surface area contributed by atoms with Crippen LogP contribution in [0.5, 0.6) is 5.88 Å². The van der Waals surface area contributed by atoms with Crippen molar-refractivity contribution in [3.05, 3.63) is 103 Å². The molecule has 0 spiro atoms. The highest BCUT2D eigenvalue weighted by Crippen LogP contribution is 2.35. The molecule has 2 N–H and O–H groups in total. The fourth-order valence-corrected chi connectivity index (χ4v) is 5.06. The van der Waals surface area contributed by atoms with E-state index in [9.17, 15) is 19.5 Å². The molecule has 3 heterocycles. The van der Waals surface area contributed by atoms with Gasteiger partial charge in [0.05, 0.1) is 29.9 Å². The van der Waals surface area contributed by atoms with Crippen LogP contribution in [-0.4, -0.2) is 61.4 Å². The number of imidazole rings is 1. The third-order valence-electron chi connectivity index (χ3n) is 7.48. The maximum absolute atomic E-state index is 13.8. The van der Waals surface area contributed by atoms with Gasteiger partial charge in [-0.1, -0.05) is 68.4 Å². The Labute approximate surface area is 269 Å². The van der Waals surface area contributed by atoms with E-state index in [-0.39, 0.29) is 41.2 Å². The van der Waals surface area contributed by atoms with Crippen LogP contribution >= 0.6 is 0 Å². The smallest absolute Gasteiger partial charge is 0.425 e. The number of aliphatic hydroxyl groups excluding tert-OH is 1. The molecule has 1 aliphatic heterocycles. The first-order chi connectivity index (χ1) is 22.8. The van der Waals surface area contributed by atoms with Crippen LogP contribution in [0.4, 0.5) is 22.1 Å². The van der Waals surface area contributed by atoms with E-state index in [1.165, 1.54) is 11.2 Å². The van der Waals surface area contributed by atoms with Crippen molar-refractivity contribution in [3.8, 4) is 5.88 Å². The molecule has 3 aromatic carbocycles. The molecule has 13 nitrogen and oxygen atoms in total. The van der Waals surface area contributed by atoms with Crippen LogP contribution in [0.3, 0.4) is 0 Å². The van der Waals surface area contributed by atoms with Gasteiger partial charge >= 0.3 is 12.1 Å². The molecule has 0 radical (unpaired) electrons. The van der Waals surface area contributed by atoms with Crippen LogP contribution in [0, 0.1) is 5.92 Å². The second kappa shape index (κ2) is 13.8. The van der Waals surface area contributed by atoms with Crippen LogP contribution in [0.15, 0.2) is 97.3 Å². The summed E-state index contributed by atoms with van der Waals surface area (Å²) in [7, 11) is 0. The number of anilines is 3. The predicted octanol–water partition coefficient (Wildman–Crippen LogP) is 5.26. The summed E-state index contributed by atoms with van der Waals surface area (Å²) in [6, 6.07) is 26.5. The highest BCUT2D eigenvalue weighted by Gasteiger charge is 2.40. The first-order valence-corrected chi connectivity index (χ1v) is 15.0. The number of nitrogens with zero attached hydrogens (tertiary/aromatic N) is 5. The number of hydrogen-bond acceptors (Lipinski definition) is 10. The summed E-state index contributed by atoms with van der Waals surface area (Å²) >= 11 is 0. The minimum Gasteiger partial charge on any atom is -0.456 e. The summed E-state index contributed by atoms with van der Waals surface area (Å²) in [6.07, 6.45) is -1.56. The average Bonchev–Trinajstić information content (AvgIpc) is 3.70. The number of benzene rings is 3. The minimum absolute atomic E-state index is 0.115. The lowest BCUT2D eigenvalue weighted by Crippen LogP contribution is -2.30. The third-order valence-corrected chi connectivity index (χ3v) is 7.48. The Bertz CT molecular complexity index is 1830. The number of aliphatic hydroxyl groups is 1. The monoisotopic (exact) mass is 636 g/mol. The second-order valence-electron chi connectivity index (χ2n) is 11.1. The Hall–Kier alpha value is -5.66. The van der Waals surface area contributed by atoms with Crippen molar-refractivity contribution in [1.82, 2.24) is 19.5 Å². The van der Waals surface area contributed by atoms with Crippen LogP contribution in [0.2, 0.25) is 0 Å². The second-order valence-corrected chi connectivity index (χ2v) is 11.1. The molecular formula is C34H32N6O7. The van der Waals surface area contributed by atoms with Gasteiger partial charge in [-0.25, -0.2) is 19.5 Å². The fourth-order valence-electron chi connectivity index (χ4n) is 5.06. The van der Waals surface area contributed by atoms with Gasteiger partial charge in [0.15, 0.2) is 11.2 Å². The van der Waals surface area contributed by atoms with E-state index >= 15 is 0 Å². The van der Waals surface area contributed by atoms with Crippen LogP contribution in [0.1, 0.15) is 36.9 Å². The predicted molar refractivity (Wildman–Crippen MR) is 171 cm³/mol. The number of hydrogen-bond donors (Lipinski definition) is 2. The number of nitrogens with one attached hydrogen (secondary N) is 1. The van der Waals surface area contributed by atoms with Crippen molar-refractivity contribution in [1.29, 1.82) is 0 Å². The molecule has 0 bridgehead atoms. The molecule has 3 atom stereocenters. The van der Waals surface area contributed by atoms with Crippen molar-refractivity contribution in [2.75, 3.05) is 16.8 Å². The quantitative estimate of drug-likeness (QED) is 0.204. The van der Waals surface area contributed by atoms with Crippen LogP contribution in [-0.2, 0) is 14.3 Å². The van der Waals surface area contributed by atoms with Gasteiger partial charge in [0.25, 0.3) is 5.88 Å². The highest BCUT2D eigenvalue weighted by molar-refractivity contribution is 5.98. The lowest BCUT2D eigenvalue weighted by Gasteiger charge is -2.22. The Morgan fingerprint density at radius 3 is 2.17 bits per heavy atom. The van der Waals surface area contributed by atoms with Crippen molar-refractivity contribution < 1.29 is 33.7 Å². The molecule has 2 aromatic heterocycles. The van der Waals surface area contributed by atoms with Gasteiger partial charge < -0.3 is 19.3 Å². The van der Waals surface area contributed by atoms with Gasteiger partial charge in [-0.3, -0.25) is 14.7 Å². The fraction of sp³-hybridized carbons (Fsp3) is 0.235. The Morgan fingerprint density at radius 2 is 1.57 bits per heavy atom. The van der Waals surface area contributed by atoms with Crippen LogP contribution < -0.4 is 15.0 Å². The number of amides is 2. The summed E-state index contributed by atoms with van der Waals surface area (Å²) in [4.78, 5) is 54.0. The van der Waals surface area contributed by atoms with E-state index < -0.39 is 37.1 Å². The molecule has 2 amide bonds. The zero-order valence-corrected chi connectivity index (χ0v) is 25.6. The van der Waals surface area contributed by atoms with Crippen molar-refractivity contribution in [2.24, 2.45) is 5.92 Å². The van der Waals surface area contributed by atoms with Crippen molar-refractivity contribution in [3.63, 3.8) is 0 Å². The molecule has 0 unspecified atom stereocenters. The molecule has 1 aliphatic rings. The Kier molecular flexibility index (Phi) is 9.18. The zero-order chi connectivity index (χ0) is 32.9. The molecule has 13 heteroatoms. The summed E-state index contributed by atoms with van der Waals surface area (Å²) in [5.74, 6) is -1.60. The van der Waals surface area contributed by atoms with Crippen molar-refractivity contribution in [2.45, 2.75) is 38.7 Å². The van der Waals surface area contributed by atoms with Gasteiger partial charge in [0.1, 0.15) is 18.4 Å². The first kappa shape index (κ1) is 31.3. The standard InChI is InChI=1S/C34H32N6O7/c1-21(2)30(42)37-33-36-29-28(31(38-33)47-34(44)40(23-14-8-4-9-15-23)24-16-10-5-11-17-24)35-20-39(29)27-18-25(26(19-41)45-27)46-32(43)22-12-6-3-7-13-22/h3-17,20-21,25-27,41H,18-19H2,1-2H3,(H,36,37,38,42)/t25-,26-,27+/m0/s1. The van der Waals surface area contributed by atoms with E-state index in [4.69, 9.17) is 14.2 Å². The maximum atomic E-state index is 13.8. The molecule has 6 rings (SSSR count). The van der Waals surface area contributed by atoms with E-state index in [0.29, 0.717) is 16.9 Å². The summed E-state index contributed by atoms with van der Waals surface area (Å²) in [6.45, 7) is 3.03. The SMILES string of the molecule is CC(C)C(=O)Nc1nc(OC(=O)N(c2ccccc2)c2ccccc2)c2ncn([C@H]3C[C@H](OC(=O)c4ccccc4)[C@H](CO)O3)c2n1. The van der Waals surface area contributed by atoms with Gasteiger partial charge in [0.2, 0.25) is 11.9 Å². The van der Waals surface area contributed by atoms with E-state index in [2.05, 4.69) is 20.3 Å². The molecule has 240 valence electrons. The summed E-state index contributed by atoms with van der Waals surface area (Å²) in [5.41, 5.74) is 1.78. The lowest BCUT2D eigenvalue weighted by molar-refractivity contribution is -0.118. The Balaban J connectivity index is 1.34. The molecule has 5 aromatic rings. The first-order valence-electron chi connectivity index (χ1n) is 15.0.